The van der Waals surface area contributed by atoms with Crippen LogP contribution in [-0.2, 0) is 36.9 Å². The molecule has 4 N–H and O–H groups in total. The molecule has 6 heterocycles. The highest BCUT2D eigenvalue weighted by Crippen LogP contribution is 2.34. The van der Waals surface area contributed by atoms with Crippen LogP contribution >= 0.6 is 23.2 Å². The van der Waals surface area contributed by atoms with E-state index in [2.05, 4.69) is 30.6 Å². The molecule has 2 atom stereocenters. The summed E-state index contributed by atoms with van der Waals surface area (Å²) in [7, 11) is 1.41. The first-order chi connectivity index (χ1) is 29.4. The number of carboxylic acids is 2. The number of ether oxygens (including phenoxy) is 3. The van der Waals surface area contributed by atoms with E-state index in [1.54, 1.807) is 31.3 Å². The van der Waals surface area contributed by atoms with Gasteiger partial charge in [0, 0.05) is 81.0 Å². The van der Waals surface area contributed by atoms with Gasteiger partial charge in [-0.25, -0.2) is 29.5 Å². The van der Waals surface area contributed by atoms with Crippen LogP contribution in [0.1, 0.15) is 70.9 Å². The summed E-state index contributed by atoms with van der Waals surface area (Å²) < 4.78 is 15.7. The fourth-order valence-electron chi connectivity index (χ4n) is 7.75. The predicted octanol–water partition coefficient (Wildman–Crippen LogP) is 5.65. The maximum atomic E-state index is 12.9. The molecule has 2 amide bonds. The quantitative estimate of drug-likeness (QED) is 0.128. The average molecular weight is 878 g/mol. The van der Waals surface area contributed by atoms with Gasteiger partial charge in [0.2, 0.25) is 11.9 Å². The molecule has 17 nitrogen and oxygen atoms in total. The topological polar surface area (TPSA) is 219 Å². The van der Waals surface area contributed by atoms with Gasteiger partial charge in [-0.05, 0) is 55.4 Å². The molecule has 322 valence electrons. The number of carboxylic acid groups (broad SMARTS) is 2. The fraction of sp³-hybridized carbons (Fsp3) is 0.429. The molecule has 2 aromatic carbocycles. The van der Waals surface area contributed by atoms with Crippen LogP contribution in [0, 0.1) is 0 Å². The van der Waals surface area contributed by atoms with Crippen LogP contribution in [0.2, 0.25) is 10.0 Å². The predicted molar refractivity (Wildman–Crippen MR) is 225 cm³/mol. The van der Waals surface area contributed by atoms with Crippen molar-refractivity contribution >= 4 is 58.9 Å². The highest BCUT2D eigenvalue weighted by Gasteiger charge is 2.38. The highest BCUT2D eigenvalue weighted by atomic mass is 35.5. The summed E-state index contributed by atoms with van der Waals surface area (Å²) in [5.41, 5.74) is 4.86. The number of carbonyl (C=O) groups is 4. The number of nitrogens with one attached hydrogen (secondary N) is 2. The summed E-state index contributed by atoms with van der Waals surface area (Å²) in [4.78, 5) is 69.3. The second-order valence-corrected chi connectivity index (χ2v) is 15.8. The van der Waals surface area contributed by atoms with E-state index < -0.39 is 24.0 Å². The Labute approximate surface area is 361 Å². The molecule has 2 aromatic heterocycles. The SMILES string of the molecule is CCC(C(=O)O)N1Cc2ccc(-c3nc(NC4CCOCC4)ncc3Cl)cc2C1=O.COCC(C(=O)O)N1Cc2ccc(-c3nc(NC4CCOCC4)ncc3Cl)cc2C1=O. The Kier molecular flexibility index (Phi) is 13.9. The highest BCUT2D eigenvalue weighted by molar-refractivity contribution is 6.33. The van der Waals surface area contributed by atoms with Gasteiger partial charge in [-0.1, -0.05) is 54.4 Å². The zero-order chi connectivity index (χ0) is 43.2. The van der Waals surface area contributed by atoms with E-state index in [-0.39, 0.29) is 43.6 Å². The molecule has 4 aromatic rings. The number of methoxy groups -OCH3 is 1. The van der Waals surface area contributed by atoms with Crippen LogP contribution < -0.4 is 10.6 Å². The Morgan fingerprint density at radius 3 is 1.57 bits per heavy atom. The number of hydrogen-bond donors (Lipinski definition) is 4. The Morgan fingerprint density at radius 1 is 0.754 bits per heavy atom. The Balaban J connectivity index is 0.000000184. The Morgan fingerprint density at radius 2 is 1.18 bits per heavy atom. The van der Waals surface area contributed by atoms with Crippen molar-refractivity contribution < 1.29 is 43.6 Å². The molecule has 19 heteroatoms. The summed E-state index contributed by atoms with van der Waals surface area (Å²) >= 11 is 12.7. The van der Waals surface area contributed by atoms with Gasteiger partial charge in [0.1, 0.15) is 6.04 Å². The summed E-state index contributed by atoms with van der Waals surface area (Å²) in [6.45, 7) is 4.97. The van der Waals surface area contributed by atoms with Gasteiger partial charge in [0.15, 0.2) is 6.04 Å². The third kappa shape index (κ3) is 9.86. The van der Waals surface area contributed by atoms with E-state index in [1.165, 1.54) is 23.1 Å². The van der Waals surface area contributed by atoms with E-state index in [0.29, 0.717) is 88.4 Å². The molecule has 61 heavy (non-hydrogen) atoms. The van der Waals surface area contributed by atoms with Crippen molar-refractivity contribution in [1.29, 1.82) is 0 Å². The smallest absolute Gasteiger partial charge is 0.328 e. The van der Waals surface area contributed by atoms with Crippen molar-refractivity contribution in [3.05, 3.63) is 81.1 Å². The van der Waals surface area contributed by atoms with Crippen molar-refractivity contribution in [2.24, 2.45) is 0 Å². The lowest BCUT2D eigenvalue weighted by Gasteiger charge is -2.23. The van der Waals surface area contributed by atoms with Crippen LogP contribution in [0.4, 0.5) is 11.9 Å². The summed E-state index contributed by atoms with van der Waals surface area (Å²) in [6, 6.07) is 9.33. The van der Waals surface area contributed by atoms with E-state index in [4.69, 9.17) is 37.4 Å². The van der Waals surface area contributed by atoms with Crippen LogP contribution in [0.25, 0.3) is 22.5 Å². The lowest BCUT2D eigenvalue weighted by molar-refractivity contribution is -0.144. The molecule has 4 aliphatic rings. The summed E-state index contributed by atoms with van der Waals surface area (Å²) in [5.74, 6) is -1.80. The van der Waals surface area contributed by atoms with E-state index in [9.17, 15) is 29.4 Å². The molecule has 2 fully saturated rings. The first-order valence-electron chi connectivity index (χ1n) is 20.0. The normalized spacial score (nSPS) is 17.6. The summed E-state index contributed by atoms with van der Waals surface area (Å²) in [5, 5.41) is 26.3. The number of amides is 2. The number of rotatable bonds is 13. The van der Waals surface area contributed by atoms with Crippen molar-refractivity contribution in [3.8, 4) is 22.5 Å². The van der Waals surface area contributed by atoms with Gasteiger partial charge >= 0.3 is 11.9 Å². The first kappa shape index (κ1) is 43.6. The minimum atomic E-state index is -1.11. The Hall–Kier alpha value is -5.46. The number of nitrogens with zero attached hydrogens (tertiary/aromatic N) is 6. The van der Waals surface area contributed by atoms with E-state index in [0.717, 1.165) is 36.8 Å². The number of halogens is 2. The standard InChI is InChI=1S/C21H23ClN4O5.C21H23ClN4O4/c1-30-11-17(20(28)29)26-10-13-3-2-12(8-15(13)19(26)27)18-16(22)9-23-21(25-18)24-14-4-6-31-7-5-14;1-2-17(20(28)29)26-11-13-4-3-12(9-15(13)19(26)27)18-16(22)10-23-21(25-18)24-14-5-7-30-8-6-14/h2-3,8-9,14,17H,4-7,10-11H2,1H3,(H,28,29)(H,23,24,25);3-4,9-10,14,17H,2,5-8,11H2,1H3,(H,28,29)(H,23,24,25). The van der Waals surface area contributed by atoms with Gasteiger partial charge in [-0.2, -0.15) is 0 Å². The van der Waals surface area contributed by atoms with Crippen molar-refractivity contribution in [3.63, 3.8) is 0 Å². The lowest BCUT2D eigenvalue weighted by Crippen LogP contribution is -2.44. The average Bonchev–Trinajstić information content (AvgIpc) is 3.76. The lowest BCUT2D eigenvalue weighted by atomic mass is 10.0. The number of hydrogen-bond acceptors (Lipinski definition) is 13. The van der Waals surface area contributed by atoms with Crippen LogP contribution in [-0.4, -0.2) is 128 Å². The van der Waals surface area contributed by atoms with Gasteiger partial charge in [-0.3, -0.25) is 9.59 Å². The van der Waals surface area contributed by atoms with Crippen molar-refractivity contribution in [2.75, 3.05) is 50.8 Å². The van der Waals surface area contributed by atoms with Gasteiger partial charge in [0.25, 0.3) is 11.8 Å². The molecular weight excluding hydrogens is 831 g/mol. The van der Waals surface area contributed by atoms with Gasteiger partial charge < -0.3 is 44.9 Å². The first-order valence-corrected chi connectivity index (χ1v) is 20.8. The molecule has 0 bridgehead atoms. The summed E-state index contributed by atoms with van der Waals surface area (Å²) in [6.07, 6.45) is 6.93. The zero-order valence-corrected chi connectivity index (χ0v) is 35.1. The van der Waals surface area contributed by atoms with Crippen molar-refractivity contribution in [1.82, 2.24) is 29.7 Å². The number of anilines is 2. The minimum absolute atomic E-state index is 0.0824. The molecule has 2 unspecified atom stereocenters. The van der Waals surface area contributed by atoms with E-state index in [1.807, 2.05) is 18.2 Å². The maximum absolute atomic E-state index is 12.9. The molecular formula is C42H46Cl2N8O9. The molecule has 0 radical (unpaired) electrons. The second kappa shape index (κ2) is 19.5. The Bertz CT molecular complexity index is 2290. The minimum Gasteiger partial charge on any atom is -0.480 e. The monoisotopic (exact) mass is 876 g/mol. The maximum Gasteiger partial charge on any atom is 0.328 e. The number of benzene rings is 2. The molecule has 2 saturated heterocycles. The third-order valence-electron chi connectivity index (χ3n) is 11.1. The number of aromatic nitrogens is 4. The van der Waals surface area contributed by atoms with Crippen molar-refractivity contribution in [2.45, 2.75) is 76.3 Å². The van der Waals surface area contributed by atoms with E-state index >= 15 is 0 Å². The third-order valence-corrected chi connectivity index (χ3v) is 11.6. The molecule has 0 saturated carbocycles. The fourth-order valence-corrected chi connectivity index (χ4v) is 8.15. The molecule has 4 aliphatic heterocycles. The number of carbonyl (C=O) groups excluding carboxylic acids is 2. The zero-order valence-electron chi connectivity index (χ0n) is 33.6. The second-order valence-electron chi connectivity index (χ2n) is 15.0. The number of aliphatic carboxylic acids is 2. The molecule has 0 spiro atoms. The van der Waals surface area contributed by atoms with Gasteiger partial charge in [0.05, 0.1) is 40.4 Å². The van der Waals surface area contributed by atoms with Crippen LogP contribution in [0.3, 0.4) is 0 Å². The largest absolute Gasteiger partial charge is 0.480 e. The number of fused-ring (bicyclic) bond motifs is 2. The van der Waals surface area contributed by atoms with Crippen LogP contribution in [0.5, 0.6) is 0 Å². The van der Waals surface area contributed by atoms with Gasteiger partial charge in [-0.15, -0.1) is 0 Å². The van der Waals surface area contributed by atoms with Crippen LogP contribution in [0.15, 0.2) is 48.8 Å². The molecule has 0 aliphatic carbocycles. The molecule has 8 rings (SSSR count).